The Balaban J connectivity index is 3.18. The number of ether oxygens (including phenoxy) is 1. The van der Waals surface area contributed by atoms with Crippen LogP contribution in [0.3, 0.4) is 0 Å². The van der Waals surface area contributed by atoms with E-state index in [2.05, 4.69) is 60.6 Å². The van der Waals surface area contributed by atoms with E-state index < -0.39 is 18.8 Å². The summed E-state index contributed by atoms with van der Waals surface area (Å²) in [5.41, 5.74) is 5.42. The lowest BCUT2D eigenvalue weighted by atomic mass is 9.80. The van der Waals surface area contributed by atoms with Gasteiger partial charge in [-0.2, -0.15) is 0 Å². The smallest absolute Gasteiger partial charge is 0.366 e. The molecule has 0 atom stereocenters. The molecule has 2 rings (SSSR count). The number of methoxy groups -OCH3 is 1. The molecule has 0 saturated carbocycles. The number of rotatable bonds is 8. The van der Waals surface area contributed by atoms with Crippen molar-refractivity contribution in [2.24, 2.45) is 0 Å². The fourth-order valence-electron chi connectivity index (χ4n) is 4.50. The van der Waals surface area contributed by atoms with E-state index in [1.165, 1.54) is 16.7 Å². The average molecular weight is 517 g/mol. The molecule has 0 heterocycles. The molecule has 0 spiro atoms. The monoisotopic (exact) mass is 516 g/mol. The first-order chi connectivity index (χ1) is 16.3. The van der Waals surface area contributed by atoms with Crippen molar-refractivity contribution in [3.05, 3.63) is 46.5 Å². The van der Waals surface area contributed by atoms with Crippen LogP contribution >= 0.6 is 7.60 Å². The first-order valence-corrected chi connectivity index (χ1v) is 14.7. The van der Waals surface area contributed by atoms with Gasteiger partial charge in [0.2, 0.25) is 0 Å². The van der Waals surface area contributed by atoms with Gasteiger partial charge in [-0.1, -0.05) is 59.7 Å². The largest absolute Gasteiger partial charge is 0.496 e. The Morgan fingerprint density at radius 1 is 0.722 bits per heavy atom. The van der Waals surface area contributed by atoms with Crippen molar-refractivity contribution in [1.29, 1.82) is 0 Å². The summed E-state index contributed by atoms with van der Waals surface area (Å²) in [6, 6.07) is 8.56. The standard InChI is InChI=1S/C31H49O4P/c1-19(2)23-17-24(20(3)4)28(25(18-23)21(5)6)27-22(7)15-16-26(33-14)29(27)36(32,34-30(8,9)10)35-31(11,12)13/h15-21H,1-14H3. The first-order valence-electron chi connectivity index (χ1n) is 13.2. The Hall–Kier alpha value is -1.61. The second-order valence-electron chi connectivity index (χ2n) is 12.8. The van der Waals surface area contributed by atoms with Crippen molar-refractivity contribution in [3.8, 4) is 16.9 Å². The molecule has 0 saturated heterocycles. The van der Waals surface area contributed by atoms with Crippen LogP contribution in [0.15, 0.2) is 24.3 Å². The zero-order valence-electron chi connectivity index (χ0n) is 25.1. The maximum Gasteiger partial charge on any atom is 0.366 e. The summed E-state index contributed by atoms with van der Waals surface area (Å²) in [6.07, 6.45) is 0. The van der Waals surface area contributed by atoms with Gasteiger partial charge < -0.3 is 4.74 Å². The van der Waals surface area contributed by atoms with Gasteiger partial charge in [0.1, 0.15) is 11.1 Å². The van der Waals surface area contributed by atoms with Gasteiger partial charge in [0.05, 0.1) is 18.3 Å². The van der Waals surface area contributed by atoms with Crippen molar-refractivity contribution in [1.82, 2.24) is 0 Å². The van der Waals surface area contributed by atoms with Crippen molar-refractivity contribution >= 4 is 12.9 Å². The van der Waals surface area contributed by atoms with Crippen LogP contribution in [-0.4, -0.2) is 18.3 Å². The molecule has 5 heteroatoms. The van der Waals surface area contributed by atoms with Crippen molar-refractivity contribution in [3.63, 3.8) is 0 Å². The van der Waals surface area contributed by atoms with E-state index in [9.17, 15) is 4.57 Å². The Morgan fingerprint density at radius 3 is 1.50 bits per heavy atom. The molecule has 0 unspecified atom stereocenters. The van der Waals surface area contributed by atoms with Gasteiger partial charge in [-0.3, -0.25) is 13.6 Å². The van der Waals surface area contributed by atoms with Crippen LogP contribution in [0.2, 0.25) is 0 Å². The fourth-order valence-corrected chi connectivity index (χ4v) is 7.16. The summed E-state index contributed by atoms with van der Waals surface area (Å²) in [6.45, 7) is 26.9. The van der Waals surface area contributed by atoms with Gasteiger partial charge >= 0.3 is 7.60 Å². The minimum absolute atomic E-state index is 0.265. The van der Waals surface area contributed by atoms with Crippen molar-refractivity contribution in [2.75, 3.05) is 7.11 Å². The molecule has 36 heavy (non-hydrogen) atoms. The van der Waals surface area contributed by atoms with E-state index in [1.54, 1.807) is 7.11 Å². The number of aryl methyl sites for hydroxylation is 1. The highest BCUT2D eigenvalue weighted by molar-refractivity contribution is 7.62. The SMILES string of the molecule is COc1ccc(C)c(-c2c(C(C)C)cc(C(C)C)cc2C(C)C)c1P(=O)(OC(C)(C)C)OC(C)(C)C. The van der Waals surface area contributed by atoms with Gasteiger partial charge in [-0.05, 0) is 100 Å². The molecule has 0 aliphatic rings. The van der Waals surface area contributed by atoms with Crippen LogP contribution in [0.1, 0.15) is 123 Å². The predicted octanol–water partition coefficient (Wildman–Crippen LogP) is 9.49. The van der Waals surface area contributed by atoms with Gasteiger partial charge in [0.25, 0.3) is 0 Å². The lowest BCUT2D eigenvalue weighted by molar-refractivity contribution is 0.0547. The third-order valence-corrected chi connectivity index (χ3v) is 8.58. The third-order valence-electron chi connectivity index (χ3n) is 6.01. The second kappa shape index (κ2) is 11.0. The molecule has 202 valence electrons. The summed E-state index contributed by atoms with van der Waals surface area (Å²) in [5, 5.41) is 0.510. The Bertz CT molecular complexity index is 1070. The molecule has 0 N–H and O–H groups in total. The Kier molecular flexibility index (Phi) is 9.37. The van der Waals surface area contributed by atoms with Crippen LogP contribution in [0, 0.1) is 6.92 Å². The second-order valence-corrected chi connectivity index (χ2v) is 14.6. The topological polar surface area (TPSA) is 44.8 Å². The third kappa shape index (κ3) is 7.03. The van der Waals surface area contributed by atoms with Gasteiger partial charge in [0, 0.05) is 5.56 Å². The van der Waals surface area contributed by atoms with Crippen LogP contribution in [0.5, 0.6) is 5.75 Å². The maximum atomic E-state index is 15.0. The first kappa shape index (κ1) is 30.6. The molecular formula is C31H49O4P. The van der Waals surface area contributed by atoms with Crippen LogP contribution in [0.4, 0.5) is 0 Å². The lowest BCUT2D eigenvalue weighted by Gasteiger charge is -2.35. The van der Waals surface area contributed by atoms with E-state index in [0.717, 1.165) is 16.7 Å². The normalized spacial score (nSPS) is 13.2. The predicted molar refractivity (Wildman–Crippen MR) is 154 cm³/mol. The zero-order chi connectivity index (χ0) is 27.8. The minimum atomic E-state index is -3.86. The van der Waals surface area contributed by atoms with Crippen LogP contribution in [-0.2, 0) is 13.6 Å². The number of benzene rings is 2. The molecular weight excluding hydrogens is 467 g/mol. The Morgan fingerprint density at radius 2 is 1.17 bits per heavy atom. The highest BCUT2D eigenvalue weighted by Crippen LogP contribution is 2.58. The average Bonchev–Trinajstić information content (AvgIpc) is 2.69. The van der Waals surface area contributed by atoms with Gasteiger partial charge in [-0.15, -0.1) is 0 Å². The summed E-state index contributed by atoms with van der Waals surface area (Å²) in [4.78, 5) is 0. The zero-order valence-corrected chi connectivity index (χ0v) is 26.0. The highest BCUT2D eigenvalue weighted by Gasteiger charge is 2.42. The number of hydrogen-bond acceptors (Lipinski definition) is 4. The van der Waals surface area contributed by atoms with E-state index in [0.29, 0.717) is 17.0 Å². The molecule has 0 radical (unpaired) electrons. The summed E-state index contributed by atoms with van der Waals surface area (Å²) in [5.74, 6) is 1.45. The van der Waals surface area contributed by atoms with Crippen LogP contribution in [0.25, 0.3) is 11.1 Å². The van der Waals surface area contributed by atoms with E-state index in [1.807, 2.05) is 53.7 Å². The molecule has 0 fully saturated rings. The molecule has 2 aromatic rings. The molecule has 0 aromatic heterocycles. The summed E-state index contributed by atoms with van der Waals surface area (Å²) < 4.78 is 33.6. The molecule has 0 aliphatic carbocycles. The maximum absolute atomic E-state index is 15.0. The van der Waals surface area contributed by atoms with Crippen LogP contribution < -0.4 is 10.0 Å². The molecule has 2 aromatic carbocycles. The molecule has 0 aliphatic heterocycles. The molecule has 4 nitrogen and oxygen atoms in total. The van der Waals surface area contributed by atoms with E-state index >= 15 is 0 Å². The molecule has 0 amide bonds. The van der Waals surface area contributed by atoms with E-state index in [-0.39, 0.29) is 11.8 Å². The van der Waals surface area contributed by atoms with E-state index in [4.69, 9.17) is 13.8 Å². The summed E-state index contributed by atoms with van der Waals surface area (Å²) >= 11 is 0. The highest BCUT2D eigenvalue weighted by atomic mass is 31.2. The van der Waals surface area contributed by atoms with Crippen molar-refractivity contribution < 1.29 is 18.3 Å². The number of hydrogen-bond donors (Lipinski definition) is 0. The molecule has 0 bridgehead atoms. The Labute approximate surface area is 220 Å². The fraction of sp³-hybridized carbons (Fsp3) is 0.613. The minimum Gasteiger partial charge on any atom is -0.496 e. The van der Waals surface area contributed by atoms with Gasteiger partial charge in [0.15, 0.2) is 0 Å². The van der Waals surface area contributed by atoms with Crippen molar-refractivity contribution in [2.45, 2.75) is 119 Å². The summed E-state index contributed by atoms with van der Waals surface area (Å²) in [7, 11) is -2.24. The lowest BCUT2D eigenvalue weighted by Crippen LogP contribution is -2.30. The quantitative estimate of drug-likeness (QED) is 0.328. The van der Waals surface area contributed by atoms with Gasteiger partial charge in [-0.25, -0.2) is 0 Å².